The van der Waals surface area contributed by atoms with Gasteiger partial charge in [0.25, 0.3) is 0 Å². The lowest BCUT2D eigenvalue weighted by Crippen LogP contribution is -2.61. The van der Waals surface area contributed by atoms with Crippen LogP contribution in [0.25, 0.3) is 10.8 Å². The van der Waals surface area contributed by atoms with Crippen molar-refractivity contribution in [2.45, 2.75) is 31.3 Å². The standard InChI is InChI=1S/C19H22N2O2S/c1-24-12-11-17-19(23)20-16(18(22)21-17)10-9-14-7-4-6-13-5-2-3-8-15(13)14/h2-8,16-17H,9-12H2,1H3,(H,20,23)(H,21,22)/t16-,17-/m1/s1. The lowest BCUT2D eigenvalue weighted by molar-refractivity contribution is -0.136. The number of rotatable bonds is 6. The first-order valence-corrected chi connectivity index (χ1v) is 9.65. The highest BCUT2D eigenvalue weighted by Gasteiger charge is 2.32. The molecule has 0 unspecified atom stereocenters. The molecule has 2 aromatic carbocycles. The molecule has 1 heterocycles. The van der Waals surface area contributed by atoms with E-state index < -0.39 is 12.1 Å². The highest BCUT2D eigenvalue weighted by molar-refractivity contribution is 7.98. The summed E-state index contributed by atoms with van der Waals surface area (Å²) in [5.74, 6) is 0.728. The van der Waals surface area contributed by atoms with Gasteiger partial charge in [0.15, 0.2) is 0 Å². The summed E-state index contributed by atoms with van der Waals surface area (Å²) < 4.78 is 0. The molecule has 2 aromatic rings. The second-order valence-corrected chi connectivity index (χ2v) is 7.07. The van der Waals surface area contributed by atoms with Crippen molar-refractivity contribution in [3.05, 3.63) is 48.0 Å². The van der Waals surface area contributed by atoms with Gasteiger partial charge in [-0.3, -0.25) is 9.59 Å². The third kappa shape index (κ3) is 3.73. The average molecular weight is 342 g/mol. The molecule has 1 saturated heterocycles. The fourth-order valence-electron chi connectivity index (χ4n) is 3.13. The molecule has 2 amide bonds. The molecular weight excluding hydrogens is 320 g/mol. The van der Waals surface area contributed by atoms with E-state index in [4.69, 9.17) is 0 Å². The maximum atomic E-state index is 12.3. The molecule has 1 fully saturated rings. The quantitative estimate of drug-likeness (QED) is 0.848. The molecular formula is C19H22N2O2S. The Balaban J connectivity index is 1.64. The first kappa shape index (κ1) is 16.8. The fraction of sp³-hybridized carbons (Fsp3) is 0.368. The van der Waals surface area contributed by atoms with Gasteiger partial charge in [-0.2, -0.15) is 11.8 Å². The van der Waals surface area contributed by atoms with Gasteiger partial charge in [0.05, 0.1) is 0 Å². The van der Waals surface area contributed by atoms with E-state index in [1.807, 2.05) is 24.5 Å². The van der Waals surface area contributed by atoms with Crippen molar-refractivity contribution in [2.75, 3.05) is 12.0 Å². The average Bonchev–Trinajstić information content (AvgIpc) is 2.61. The minimum absolute atomic E-state index is 0.0634. The van der Waals surface area contributed by atoms with Crippen molar-refractivity contribution >= 4 is 34.3 Å². The molecule has 2 N–H and O–H groups in total. The highest BCUT2D eigenvalue weighted by Crippen LogP contribution is 2.20. The number of benzene rings is 2. The van der Waals surface area contributed by atoms with Gasteiger partial charge in [0, 0.05) is 0 Å². The number of amides is 2. The number of hydrogen-bond acceptors (Lipinski definition) is 3. The van der Waals surface area contributed by atoms with Crippen molar-refractivity contribution in [1.82, 2.24) is 10.6 Å². The van der Waals surface area contributed by atoms with E-state index in [1.165, 1.54) is 16.3 Å². The SMILES string of the molecule is CSCC[C@H]1NC(=O)[C@@H](CCc2cccc3ccccc23)NC1=O. The second-order valence-electron chi connectivity index (χ2n) is 6.08. The molecule has 0 radical (unpaired) electrons. The molecule has 24 heavy (non-hydrogen) atoms. The Kier molecular flexibility index (Phi) is 5.41. The van der Waals surface area contributed by atoms with E-state index in [0.717, 1.165) is 12.2 Å². The van der Waals surface area contributed by atoms with Crippen LogP contribution in [0.1, 0.15) is 18.4 Å². The smallest absolute Gasteiger partial charge is 0.243 e. The van der Waals surface area contributed by atoms with Crippen LogP contribution in [0.2, 0.25) is 0 Å². The molecule has 0 aliphatic carbocycles. The molecule has 126 valence electrons. The van der Waals surface area contributed by atoms with Crippen LogP contribution in [-0.2, 0) is 16.0 Å². The Bertz CT molecular complexity index is 742. The van der Waals surface area contributed by atoms with E-state index in [0.29, 0.717) is 12.8 Å². The molecule has 0 spiro atoms. The molecule has 3 rings (SSSR count). The van der Waals surface area contributed by atoms with Crippen LogP contribution in [-0.4, -0.2) is 35.9 Å². The molecule has 0 bridgehead atoms. The largest absolute Gasteiger partial charge is 0.343 e. The Morgan fingerprint density at radius 3 is 2.33 bits per heavy atom. The Morgan fingerprint density at radius 1 is 0.917 bits per heavy atom. The number of hydrogen-bond donors (Lipinski definition) is 2. The van der Waals surface area contributed by atoms with Crippen LogP contribution in [0.3, 0.4) is 0 Å². The van der Waals surface area contributed by atoms with Crippen LogP contribution in [0.4, 0.5) is 0 Å². The van der Waals surface area contributed by atoms with Gasteiger partial charge >= 0.3 is 0 Å². The van der Waals surface area contributed by atoms with Crippen LogP contribution < -0.4 is 10.6 Å². The topological polar surface area (TPSA) is 58.2 Å². The van der Waals surface area contributed by atoms with Gasteiger partial charge in [0.2, 0.25) is 11.8 Å². The maximum Gasteiger partial charge on any atom is 0.243 e. The van der Waals surface area contributed by atoms with Crippen molar-refractivity contribution in [1.29, 1.82) is 0 Å². The summed E-state index contributed by atoms with van der Waals surface area (Å²) >= 11 is 1.68. The summed E-state index contributed by atoms with van der Waals surface area (Å²) in [6, 6.07) is 13.6. The van der Waals surface area contributed by atoms with E-state index in [2.05, 4.69) is 34.9 Å². The van der Waals surface area contributed by atoms with Crippen molar-refractivity contribution < 1.29 is 9.59 Å². The number of piperazine rings is 1. The zero-order valence-corrected chi connectivity index (χ0v) is 14.6. The van der Waals surface area contributed by atoms with Crippen LogP contribution in [0, 0.1) is 0 Å². The predicted octanol–water partition coefficient (Wildman–Crippen LogP) is 2.51. The maximum absolute atomic E-state index is 12.3. The van der Waals surface area contributed by atoms with E-state index in [9.17, 15) is 9.59 Å². The second kappa shape index (κ2) is 7.71. The number of fused-ring (bicyclic) bond motifs is 1. The number of aryl methyl sites for hydroxylation is 1. The van der Waals surface area contributed by atoms with Gasteiger partial charge in [-0.05, 0) is 47.6 Å². The van der Waals surface area contributed by atoms with Gasteiger partial charge in [-0.25, -0.2) is 0 Å². The zero-order valence-electron chi connectivity index (χ0n) is 13.7. The number of carbonyl (C=O) groups is 2. The first-order valence-electron chi connectivity index (χ1n) is 8.25. The number of thioether (sulfide) groups is 1. The normalized spacial score (nSPS) is 20.7. The van der Waals surface area contributed by atoms with Gasteiger partial charge in [-0.1, -0.05) is 42.5 Å². The van der Waals surface area contributed by atoms with Crippen molar-refractivity contribution in [3.8, 4) is 0 Å². The number of nitrogens with one attached hydrogen (secondary N) is 2. The van der Waals surface area contributed by atoms with Crippen LogP contribution in [0.15, 0.2) is 42.5 Å². The van der Waals surface area contributed by atoms with E-state index >= 15 is 0 Å². The molecule has 1 aliphatic heterocycles. The van der Waals surface area contributed by atoms with Gasteiger partial charge < -0.3 is 10.6 Å². The van der Waals surface area contributed by atoms with E-state index in [1.54, 1.807) is 11.8 Å². The fourth-order valence-corrected chi connectivity index (χ4v) is 3.60. The zero-order chi connectivity index (χ0) is 16.9. The van der Waals surface area contributed by atoms with Crippen LogP contribution >= 0.6 is 11.8 Å². The molecule has 4 nitrogen and oxygen atoms in total. The highest BCUT2D eigenvalue weighted by atomic mass is 32.2. The third-order valence-electron chi connectivity index (χ3n) is 4.46. The predicted molar refractivity (Wildman–Crippen MR) is 99.1 cm³/mol. The van der Waals surface area contributed by atoms with Gasteiger partial charge in [0.1, 0.15) is 12.1 Å². The minimum atomic E-state index is -0.443. The summed E-state index contributed by atoms with van der Waals surface area (Å²) in [5, 5.41) is 8.15. The first-order chi connectivity index (χ1) is 11.7. The summed E-state index contributed by atoms with van der Waals surface area (Å²) in [6.45, 7) is 0. The molecule has 0 aromatic heterocycles. The third-order valence-corrected chi connectivity index (χ3v) is 5.10. The molecule has 2 atom stereocenters. The Morgan fingerprint density at radius 2 is 1.58 bits per heavy atom. The van der Waals surface area contributed by atoms with Gasteiger partial charge in [-0.15, -0.1) is 0 Å². The van der Waals surface area contributed by atoms with Crippen molar-refractivity contribution in [3.63, 3.8) is 0 Å². The Hall–Kier alpha value is -2.01. The van der Waals surface area contributed by atoms with Crippen molar-refractivity contribution in [2.24, 2.45) is 0 Å². The minimum Gasteiger partial charge on any atom is -0.343 e. The molecule has 0 saturated carbocycles. The van der Waals surface area contributed by atoms with Crippen LogP contribution in [0.5, 0.6) is 0 Å². The summed E-state index contributed by atoms with van der Waals surface area (Å²) in [4.78, 5) is 24.4. The lowest BCUT2D eigenvalue weighted by Gasteiger charge is -2.29. The molecule has 5 heteroatoms. The monoisotopic (exact) mass is 342 g/mol. The Labute approximate surface area is 146 Å². The summed E-state index contributed by atoms with van der Waals surface area (Å²) in [5.41, 5.74) is 1.21. The summed E-state index contributed by atoms with van der Waals surface area (Å²) in [7, 11) is 0. The van der Waals surface area contributed by atoms with E-state index in [-0.39, 0.29) is 11.8 Å². The number of carbonyl (C=O) groups excluding carboxylic acids is 2. The lowest BCUT2D eigenvalue weighted by atomic mass is 9.97. The summed E-state index contributed by atoms with van der Waals surface area (Å²) in [6.07, 6.45) is 4.04. The molecule has 1 aliphatic rings.